The van der Waals surface area contributed by atoms with E-state index in [-0.39, 0.29) is 0 Å². The van der Waals surface area contributed by atoms with Gasteiger partial charge in [0.15, 0.2) is 0 Å². The lowest BCUT2D eigenvalue weighted by atomic mass is 9.81. The monoisotopic (exact) mass is 260 g/mol. The summed E-state index contributed by atoms with van der Waals surface area (Å²) in [6.07, 6.45) is 5.58. The molecule has 0 saturated heterocycles. The predicted molar refractivity (Wildman–Crippen MR) is 76.6 cm³/mol. The minimum Gasteiger partial charge on any atom is -0.494 e. The summed E-state index contributed by atoms with van der Waals surface area (Å²) in [7, 11) is 0. The van der Waals surface area contributed by atoms with E-state index in [0.717, 1.165) is 17.6 Å². The van der Waals surface area contributed by atoms with Crippen LogP contribution in [0, 0.1) is 17.8 Å². The number of hydrogen-bond donors (Lipinski definition) is 2. The molecule has 3 rings (SSSR count). The van der Waals surface area contributed by atoms with E-state index in [0.29, 0.717) is 18.6 Å². The smallest absolute Gasteiger partial charge is 0.119 e. The fourth-order valence-electron chi connectivity index (χ4n) is 4.11. The van der Waals surface area contributed by atoms with Gasteiger partial charge in [-0.1, -0.05) is 18.6 Å². The molecule has 3 heteroatoms. The molecule has 104 valence electrons. The zero-order valence-corrected chi connectivity index (χ0v) is 11.6. The summed E-state index contributed by atoms with van der Waals surface area (Å²) in [5.74, 6) is 9.31. The fraction of sp³-hybridized carbons (Fsp3) is 0.625. The van der Waals surface area contributed by atoms with Crippen molar-refractivity contribution in [3.63, 3.8) is 0 Å². The van der Waals surface area contributed by atoms with Gasteiger partial charge in [-0.15, -0.1) is 0 Å². The molecule has 0 amide bonds. The van der Waals surface area contributed by atoms with Crippen molar-refractivity contribution in [2.75, 3.05) is 6.61 Å². The second-order valence-corrected chi connectivity index (χ2v) is 5.99. The predicted octanol–water partition coefficient (Wildman–Crippen LogP) is 3.03. The Balaban J connectivity index is 1.74. The van der Waals surface area contributed by atoms with Crippen molar-refractivity contribution in [2.45, 2.75) is 38.6 Å². The van der Waals surface area contributed by atoms with Crippen LogP contribution in [0.5, 0.6) is 5.75 Å². The van der Waals surface area contributed by atoms with Crippen LogP contribution in [0.15, 0.2) is 24.3 Å². The average Bonchev–Trinajstić information content (AvgIpc) is 3.05. The number of ether oxygens (including phenoxy) is 1. The number of benzene rings is 1. The Morgan fingerprint density at radius 3 is 2.58 bits per heavy atom. The van der Waals surface area contributed by atoms with Crippen molar-refractivity contribution in [3.8, 4) is 5.75 Å². The zero-order valence-electron chi connectivity index (χ0n) is 11.6. The third-order valence-corrected chi connectivity index (χ3v) is 4.95. The molecule has 3 nitrogen and oxygen atoms in total. The van der Waals surface area contributed by atoms with E-state index in [1.807, 2.05) is 6.92 Å². The van der Waals surface area contributed by atoms with Crippen LogP contribution < -0.4 is 16.0 Å². The Morgan fingerprint density at radius 1 is 1.26 bits per heavy atom. The molecule has 0 heterocycles. The van der Waals surface area contributed by atoms with Crippen LogP contribution in [-0.4, -0.2) is 6.61 Å². The highest BCUT2D eigenvalue weighted by Crippen LogP contribution is 2.52. The number of nitrogens with two attached hydrogens (primary N) is 1. The lowest BCUT2D eigenvalue weighted by molar-refractivity contribution is 0.252. The minimum atomic E-state index is 0.297. The van der Waals surface area contributed by atoms with Crippen molar-refractivity contribution < 1.29 is 4.74 Å². The van der Waals surface area contributed by atoms with Crippen molar-refractivity contribution in [1.29, 1.82) is 0 Å². The molecule has 4 atom stereocenters. The molecule has 2 aliphatic carbocycles. The van der Waals surface area contributed by atoms with Crippen molar-refractivity contribution in [1.82, 2.24) is 5.43 Å². The summed E-state index contributed by atoms with van der Waals surface area (Å²) in [6.45, 7) is 2.72. The molecule has 0 spiro atoms. The largest absolute Gasteiger partial charge is 0.494 e. The minimum absolute atomic E-state index is 0.297. The van der Waals surface area contributed by atoms with Crippen molar-refractivity contribution >= 4 is 0 Å². The van der Waals surface area contributed by atoms with Crippen LogP contribution in [0.4, 0.5) is 0 Å². The zero-order chi connectivity index (χ0) is 13.2. The topological polar surface area (TPSA) is 47.3 Å². The second kappa shape index (κ2) is 5.51. The van der Waals surface area contributed by atoms with Crippen LogP contribution in [0.1, 0.15) is 44.2 Å². The SMILES string of the molecule is CCOc1ccc(C(NN)C2CC3CCC2C3)cc1. The van der Waals surface area contributed by atoms with Gasteiger partial charge in [-0.3, -0.25) is 11.3 Å². The maximum atomic E-state index is 5.83. The van der Waals surface area contributed by atoms with E-state index in [1.54, 1.807) is 0 Å². The molecule has 4 unspecified atom stereocenters. The van der Waals surface area contributed by atoms with Crippen molar-refractivity contribution in [2.24, 2.45) is 23.6 Å². The molecular weight excluding hydrogens is 236 g/mol. The molecule has 3 N–H and O–H groups in total. The molecule has 1 aromatic rings. The highest BCUT2D eigenvalue weighted by Gasteiger charge is 2.43. The Labute approximate surface area is 115 Å². The third kappa shape index (κ3) is 2.49. The molecule has 2 saturated carbocycles. The van der Waals surface area contributed by atoms with Crippen LogP contribution in [0.2, 0.25) is 0 Å². The lowest BCUT2D eigenvalue weighted by Crippen LogP contribution is -2.35. The maximum absolute atomic E-state index is 5.83. The van der Waals surface area contributed by atoms with Gasteiger partial charge < -0.3 is 4.74 Å². The van der Waals surface area contributed by atoms with E-state index in [1.165, 1.54) is 31.2 Å². The maximum Gasteiger partial charge on any atom is 0.119 e. The van der Waals surface area contributed by atoms with E-state index < -0.39 is 0 Å². The first-order valence-electron chi connectivity index (χ1n) is 7.50. The first-order valence-corrected chi connectivity index (χ1v) is 7.50. The summed E-state index contributed by atoms with van der Waals surface area (Å²) < 4.78 is 5.50. The van der Waals surface area contributed by atoms with Crippen LogP contribution in [0.25, 0.3) is 0 Å². The summed E-state index contributed by atoms with van der Waals surface area (Å²) in [4.78, 5) is 0. The standard InChI is InChI=1S/C16H24N2O/c1-2-19-14-7-5-12(6-8-14)16(18-17)15-10-11-3-4-13(15)9-11/h5-8,11,13,15-16,18H,2-4,9-10,17H2,1H3. The molecule has 0 radical (unpaired) electrons. The van der Waals surface area contributed by atoms with Gasteiger partial charge in [-0.05, 0) is 61.6 Å². The van der Waals surface area contributed by atoms with E-state index in [4.69, 9.17) is 10.6 Å². The van der Waals surface area contributed by atoms with Gasteiger partial charge >= 0.3 is 0 Å². The lowest BCUT2D eigenvalue weighted by Gasteiger charge is -2.30. The molecule has 19 heavy (non-hydrogen) atoms. The molecule has 2 bridgehead atoms. The summed E-state index contributed by atoms with van der Waals surface area (Å²) in [5.41, 5.74) is 4.35. The Bertz CT molecular complexity index is 417. The number of nitrogens with one attached hydrogen (secondary N) is 1. The number of hydrogen-bond acceptors (Lipinski definition) is 3. The van der Waals surface area contributed by atoms with Crippen LogP contribution in [0.3, 0.4) is 0 Å². The number of hydrazine groups is 1. The molecular formula is C16H24N2O. The number of fused-ring (bicyclic) bond motifs is 2. The highest BCUT2D eigenvalue weighted by atomic mass is 16.5. The molecule has 0 aromatic heterocycles. The number of rotatable bonds is 5. The van der Waals surface area contributed by atoms with Gasteiger partial charge in [0, 0.05) is 6.04 Å². The van der Waals surface area contributed by atoms with Crippen LogP contribution in [-0.2, 0) is 0 Å². The first kappa shape index (κ1) is 12.9. The summed E-state index contributed by atoms with van der Waals surface area (Å²) in [6, 6.07) is 8.71. The highest BCUT2D eigenvalue weighted by molar-refractivity contribution is 5.30. The van der Waals surface area contributed by atoms with Gasteiger partial charge in [0.1, 0.15) is 5.75 Å². The van der Waals surface area contributed by atoms with Gasteiger partial charge in [-0.2, -0.15) is 0 Å². The van der Waals surface area contributed by atoms with E-state index >= 15 is 0 Å². The van der Waals surface area contributed by atoms with Gasteiger partial charge in [0.05, 0.1) is 6.61 Å². The molecule has 0 aliphatic heterocycles. The quantitative estimate of drug-likeness (QED) is 0.632. The Kier molecular flexibility index (Phi) is 3.76. The van der Waals surface area contributed by atoms with Crippen LogP contribution >= 0.6 is 0 Å². The Morgan fingerprint density at radius 2 is 2.05 bits per heavy atom. The van der Waals surface area contributed by atoms with Gasteiger partial charge in [-0.25, -0.2) is 0 Å². The second-order valence-electron chi connectivity index (χ2n) is 5.99. The summed E-state index contributed by atoms with van der Waals surface area (Å²) >= 11 is 0. The third-order valence-electron chi connectivity index (χ3n) is 4.95. The summed E-state index contributed by atoms with van der Waals surface area (Å²) in [5, 5.41) is 0. The van der Waals surface area contributed by atoms with E-state index in [9.17, 15) is 0 Å². The van der Waals surface area contributed by atoms with Gasteiger partial charge in [0.2, 0.25) is 0 Å². The van der Waals surface area contributed by atoms with E-state index in [2.05, 4.69) is 29.7 Å². The molecule has 2 fully saturated rings. The van der Waals surface area contributed by atoms with Gasteiger partial charge in [0.25, 0.3) is 0 Å². The average molecular weight is 260 g/mol. The fourth-order valence-corrected chi connectivity index (χ4v) is 4.11. The Hall–Kier alpha value is -1.06. The molecule has 1 aromatic carbocycles. The normalized spacial score (nSPS) is 30.5. The molecule has 2 aliphatic rings. The first-order chi connectivity index (χ1) is 9.31. The van der Waals surface area contributed by atoms with Crippen molar-refractivity contribution in [3.05, 3.63) is 29.8 Å².